The van der Waals surface area contributed by atoms with Gasteiger partial charge in [0, 0.05) is 30.0 Å². The molecule has 1 aromatic carbocycles. The Kier molecular flexibility index (Phi) is 3.51. The van der Waals surface area contributed by atoms with Gasteiger partial charge in [-0.05, 0) is 35.9 Å². The topological polar surface area (TPSA) is 79.9 Å². The second kappa shape index (κ2) is 5.81. The molecule has 2 N–H and O–H groups in total. The number of carbonyl (C=O) groups excluding carboxylic acids is 1. The molecule has 1 atom stereocenters. The summed E-state index contributed by atoms with van der Waals surface area (Å²) in [5.41, 5.74) is 2.09. The maximum atomic E-state index is 12.1. The minimum atomic E-state index is -0.357. The summed E-state index contributed by atoms with van der Waals surface area (Å²) in [6.07, 6.45) is 6.73. The normalized spacial score (nSPS) is 17.5. The SMILES string of the molecule is O=C(Nc1cc2cc(-c3cn[nH]c3)ccc2cn1)[C@H]1CCCO1. The van der Waals surface area contributed by atoms with Gasteiger partial charge in [-0.3, -0.25) is 9.89 Å². The summed E-state index contributed by atoms with van der Waals surface area (Å²) in [6.45, 7) is 0.650. The first-order valence-corrected chi connectivity index (χ1v) is 7.61. The maximum Gasteiger partial charge on any atom is 0.254 e. The fraction of sp³-hybridized carbons (Fsp3) is 0.235. The molecule has 116 valence electrons. The standard InChI is InChI=1S/C17H16N4O2/c22-17(15-2-1-5-23-15)21-16-7-13-6-11(14-9-19-20-10-14)3-4-12(13)8-18-16/h3-4,6-10,15H,1-2,5H2,(H,19,20)(H,18,21,22)/t15-/m1/s1. The van der Waals surface area contributed by atoms with Crippen LogP contribution in [0.2, 0.25) is 0 Å². The molecule has 2 aromatic heterocycles. The zero-order chi connectivity index (χ0) is 15.6. The van der Waals surface area contributed by atoms with Crippen molar-refractivity contribution in [3.05, 3.63) is 42.9 Å². The highest BCUT2D eigenvalue weighted by atomic mass is 16.5. The molecule has 0 spiro atoms. The summed E-state index contributed by atoms with van der Waals surface area (Å²) in [4.78, 5) is 16.4. The molecule has 6 nitrogen and oxygen atoms in total. The summed E-state index contributed by atoms with van der Waals surface area (Å²) >= 11 is 0. The van der Waals surface area contributed by atoms with E-state index in [0.29, 0.717) is 12.4 Å². The second-order valence-electron chi connectivity index (χ2n) is 5.61. The molecule has 1 fully saturated rings. The van der Waals surface area contributed by atoms with Gasteiger partial charge in [0.05, 0.1) is 6.20 Å². The molecule has 1 saturated heterocycles. The summed E-state index contributed by atoms with van der Waals surface area (Å²) in [5.74, 6) is 0.419. The van der Waals surface area contributed by atoms with Crippen LogP contribution in [0.3, 0.4) is 0 Å². The van der Waals surface area contributed by atoms with E-state index in [1.165, 1.54) is 0 Å². The summed E-state index contributed by atoms with van der Waals surface area (Å²) in [5, 5.41) is 11.7. The van der Waals surface area contributed by atoms with Crippen LogP contribution in [-0.4, -0.2) is 33.8 Å². The first-order chi connectivity index (χ1) is 11.3. The number of carbonyl (C=O) groups is 1. The first-order valence-electron chi connectivity index (χ1n) is 7.61. The summed E-state index contributed by atoms with van der Waals surface area (Å²) in [7, 11) is 0. The Labute approximate surface area is 132 Å². The van der Waals surface area contributed by atoms with Gasteiger partial charge in [-0.2, -0.15) is 5.10 Å². The molecule has 3 heterocycles. The van der Waals surface area contributed by atoms with Crippen LogP contribution in [0, 0.1) is 0 Å². The number of H-pyrrole nitrogens is 1. The van der Waals surface area contributed by atoms with Gasteiger partial charge in [-0.1, -0.05) is 12.1 Å². The van der Waals surface area contributed by atoms with Gasteiger partial charge in [0.1, 0.15) is 11.9 Å². The van der Waals surface area contributed by atoms with Crippen molar-refractivity contribution >= 4 is 22.5 Å². The third kappa shape index (κ3) is 2.80. The molecule has 23 heavy (non-hydrogen) atoms. The number of amides is 1. The lowest BCUT2D eigenvalue weighted by Crippen LogP contribution is -2.27. The van der Waals surface area contributed by atoms with E-state index in [0.717, 1.165) is 34.7 Å². The van der Waals surface area contributed by atoms with E-state index in [1.807, 2.05) is 24.4 Å². The Bertz CT molecular complexity index is 839. The zero-order valence-corrected chi connectivity index (χ0v) is 12.5. The predicted octanol–water partition coefficient (Wildman–Crippen LogP) is 2.74. The Hall–Kier alpha value is -2.73. The van der Waals surface area contributed by atoms with E-state index in [9.17, 15) is 4.79 Å². The number of nitrogens with zero attached hydrogens (tertiary/aromatic N) is 2. The lowest BCUT2D eigenvalue weighted by molar-refractivity contribution is -0.124. The highest BCUT2D eigenvalue weighted by Gasteiger charge is 2.23. The van der Waals surface area contributed by atoms with Crippen LogP contribution in [0.15, 0.2) is 42.9 Å². The molecule has 3 aromatic rings. The molecule has 4 rings (SSSR count). The van der Waals surface area contributed by atoms with Crippen LogP contribution in [0.1, 0.15) is 12.8 Å². The van der Waals surface area contributed by atoms with E-state index in [2.05, 4.69) is 26.6 Å². The van der Waals surface area contributed by atoms with Crippen LogP contribution in [0.25, 0.3) is 21.9 Å². The minimum absolute atomic E-state index is 0.125. The summed E-state index contributed by atoms with van der Waals surface area (Å²) in [6, 6.07) is 7.98. The van der Waals surface area contributed by atoms with Gasteiger partial charge in [0.15, 0.2) is 0 Å². The number of fused-ring (bicyclic) bond motifs is 1. The van der Waals surface area contributed by atoms with Crippen LogP contribution in [0.4, 0.5) is 5.82 Å². The molecular formula is C17H16N4O2. The number of rotatable bonds is 3. The number of ether oxygens (including phenoxy) is 1. The maximum absolute atomic E-state index is 12.1. The van der Waals surface area contributed by atoms with Gasteiger partial charge in [0.2, 0.25) is 0 Å². The lowest BCUT2D eigenvalue weighted by atomic mass is 10.1. The van der Waals surface area contributed by atoms with Crippen molar-refractivity contribution in [1.29, 1.82) is 0 Å². The molecule has 1 amide bonds. The third-order valence-electron chi connectivity index (χ3n) is 4.03. The monoisotopic (exact) mass is 308 g/mol. The molecule has 1 aliphatic rings. The number of benzene rings is 1. The molecule has 0 bridgehead atoms. The highest BCUT2D eigenvalue weighted by Crippen LogP contribution is 2.25. The van der Waals surface area contributed by atoms with Crippen LogP contribution in [-0.2, 0) is 9.53 Å². The van der Waals surface area contributed by atoms with E-state index in [-0.39, 0.29) is 12.0 Å². The van der Waals surface area contributed by atoms with Crippen molar-refractivity contribution in [2.24, 2.45) is 0 Å². The van der Waals surface area contributed by atoms with E-state index >= 15 is 0 Å². The van der Waals surface area contributed by atoms with E-state index in [1.54, 1.807) is 12.4 Å². The number of aromatic amines is 1. The first kappa shape index (κ1) is 13.9. The van der Waals surface area contributed by atoms with Gasteiger partial charge in [-0.15, -0.1) is 0 Å². The molecule has 0 radical (unpaired) electrons. The van der Waals surface area contributed by atoms with Crippen molar-refractivity contribution in [3.63, 3.8) is 0 Å². The number of hydrogen-bond acceptors (Lipinski definition) is 4. The third-order valence-corrected chi connectivity index (χ3v) is 4.03. The van der Waals surface area contributed by atoms with E-state index < -0.39 is 0 Å². The van der Waals surface area contributed by atoms with Crippen molar-refractivity contribution in [3.8, 4) is 11.1 Å². The smallest absolute Gasteiger partial charge is 0.254 e. The Morgan fingerprint density at radius 1 is 1.22 bits per heavy atom. The van der Waals surface area contributed by atoms with Crippen molar-refractivity contribution in [1.82, 2.24) is 15.2 Å². The fourth-order valence-electron chi connectivity index (χ4n) is 2.79. The Morgan fingerprint density at radius 2 is 2.17 bits per heavy atom. The van der Waals surface area contributed by atoms with Gasteiger partial charge >= 0.3 is 0 Å². The number of nitrogens with one attached hydrogen (secondary N) is 2. The van der Waals surface area contributed by atoms with Gasteiger partial charge in [-0.25, -0.2) is 4.98 Å². The van der Waals surface area contributed by atoms with Crippen molar-refractivity contribution in [2.45, 2.75) is 18.9 Å². The fourth-order valence-corrected chi connectivity index (χ4v) is 2.79. The number of anilines is 1. The molecular weight excluding hydrogens is 292 g/mol. The number of hydrogen-bond donors (Lipinski definition) is 2. The predicted molar refractivity (Wildman–Crippen MR) is 86.9 cm³/mol. The average Bonchev–Trinajstić information content (AvgIpc) is 3.27. The lowest BCUT2D eigenvalue weighted by Gasteiger charge is -2.10. The highest BCUT2D eigenvalue weighted by molar-refractivity contribution is 5.96. The van der Waals surface area contributed by atoms with Crippen molar-refractivity contribution in [2.75, 3.05) is 11.9 Å². The average molecular weight is 308 g/mol. The minimum Gasteiger partial charge on any atom is -0.368 e. The largest absolute Gasteiger partial charge is 0.368 e. The molecule has 6 heteroatoms. The molecule has 0 saturated carbocycles. The summed E-state index contributed by atoms with van der Waals surface area (Å²) < 4.78 is 5.39. The quantitative estimate of drug-likeness (QED) is 0.779. The van der Waals surface area contributed by atoms with Crippen LogP contribution in [0.5, 0.6) is 0 Å². The van der Waals surface area contributed by atoms with Gasteiger partial charge in [0.25, 0.3) is 5.91 Å². The molecule has 0 unspecified atom stereocenters. The van der Waals surface area contributed by atoms with Crippen molar-refractivity contribution < 1.29 is 9.53 Å². The second-order valence-corrected chi connectivity index (χ2v) is 5.61. The van der Waals surface area contributed by atoms with Gasteiger partial charge < -0.3 is 10.1 Å². The Morgan fingerprint density at radius 3 is 2.96 bits per heavy atom. The van der Waals surface area contributed by atoms with E-state index in [4.69, 9.17) is 4.74 Å². The Balaban J connectivity index is 1.62. The van der Waals surface area contributed by atoms with Crippen LogP contribution >= 0.6 is 0 Å². The van der Waals surface area contributed by atoms with Crippen LogP contribution < -0.4 is 5.32 Å². The molecule has 1 aliphatic heterocycles. The number of aromatic nitrogens is 3. The molecule has 0 aliphatic carbocycles. The number of pyridine rings is 1. The zero-order valence-electron chi connectivity index (χ0n) is 12.5.